The summed E-state index contributed by atoms with van der Waals surface area (Å²) >= 11 is 5.90. The molecule has 0 aliphatic carbocycles. The molecule has 0 unspecified atom stereocenters. The van der Waals surface area contributed by atoms with Crippen molar-refractivity contribution >= 4 is 29.2 Å². The van der Waals surface area contributed by atoms with Crippen LogP contribution in [0.3, 0.4) is 0 Å². The van der Waals surface area contributed by atoms with Crippen molar-refractivity contribution < 1.29 is 9.59 Å². The summed E-state index contributed by atoms with van der Waals surface area (Å²) in [5, 5.41) is 7.74. The first-order chi connectivity index (χ1) is 12.6. The van der Waals surface area contributed by atoms with Gasteiger partial charge in [0.15, 0.2) is 0 Å². The summed E-state index contributed by atoms with van der Waals surface area (Å²) in [6.07, 6.45) is 3.88. The van der Waals surface area contributed by atoms with E-state index in [0.29, 0.717) is 37.6 Å². The minimum absolute atomic E-state index is 0.00258. The number of likely N-dealkylation sites (N-methyl/N-ethyl adjacent to an activating group) is 1. The molecule has 2 aromatic rings. The standard InChI is InChI=1S/C18H22ClN5O2/c1-2-22(10-11-23-9-3-8-20-23)18(26)21-15-12-17(25)24(13-15)16-6-4-14(19)5-7-16/h3-9,15H,2,10-13H2,1H3,(H,21,26)/t15-/m1/s1. The van der Waals surface area contributed by atoms with E-state index in [0.717, 1.165) is 5.69 Å². The number of nitrogens with one attached hydrogen (secondary N) is 1. The molecule has 1 aromatic carbocycles. The van der Waals surface area contributed by atoms with E-state index in [1.54, 1.807) is 32.8 Å². The maximum absolute atomic E-state index is 12.5. The van der Waals surface area contributed by atoms with Crippen LogP contribution in [-0.4, -0.2) is 52.3 Å². The quantitative estimate of drug-likeness (QED) is 0.842. The van der Waals surface area contributed by atoms with Gasteiger partial charge in [-0.15, -0.1) is 0 Å². The first kappa shape index (κ1) is 18.3. The summed E-state index contributed by atoms with van der Waals surface area (Å²) in [4.78, 5) is 28.2. The number of carbonyl (C=O) groups is 2. The number of hydrogen-bond acceptors (Lipinski definition) is 3. The highest BCUT2D eigenvalue weighted by Gasteiger charge is 2.32. The molecule has 7 nitrogen and oxygen atoms in total. The van der Waals surface area contributed by atoms with Crippen molar-refractivity contribution in [1.82, 2.24) is 20.0 Å². The van der Waals surface area contributed by atoms with E-state index in [4.69, 9.17) is 11.6 Å². The van der Waals surface area contributed by atoms with E-state index in [-0.39, 0.29) is 18.0 Å². The van der Waals surface area contributed by atoms with Gasteiger partial charge >= 0.3 is 6.03 Å². The second-order valence-electron chi connectivity index (χ2n) is 6.18. The van der Waals surface area contributed by atoms with Crippen molar-refractivity contribution in [2.24, 2.45) is 0 Å². The van der Waals surface area contributed by atoms with Crippen molar-refractivity contribution in [2.75, 3.05) is 24.5 Å². The summed E-state index contributed by atoms with van der Waals surface area (Å²) in [6.45, 7) is 4.18. The first-order valence-electron chi connectivity index (χ1n) is 8.65. The van der Waals surface area contributed by atoms with Gasteiger partial charge in [0.05, 0.1) is 12.6 Å². The predicted octanol–water partition coefficient (Wildman–Crippen LogP) is 2.37. The highest BCUT2D eigenvalue weighted by molar-refractivity contribution is 6.30. The lowest BCUT2D eigenvalue weighted by Gasteiger charge is -2.24. The van der Waals surface area contributed by atoms with Crippen LogP contribution in [-0.2, 0) is 11.3 Å². The summed E-state index contributed by atoms with van der Waals surface area (Å²) in [5.74, 6) is -0.00258. The number of anilines is 1. The van der Waals surface area contributed by atoms with Crippen LogP contribution < -0.4 is 10.2 Å². The molecule has 1 N–H and O–H groups in total. The molecule has 0 spiro atoms. The van der Waals surface area contributed by atoms with Crippen molar-refractivity contribution in [3.05, 3.63) is 47.7 Å². The van der Waals surface area contributed by atoms with Crippen LogP contribution in [0.25, 0.3) is 0 Å². The lowest BCUT2D eigenvalue weighted by Crippen LogP contribution is -2.46. The Bertz CT molecular complexity index is 747. The van der Waals surface area contributed by atoms with Gasteiger partial charge in [0.2, 0.25) is 5.91 Å². The summed E-state index contributed by atoms with van der Waals surface area (Å²) < 4.78 is 1.79. The molecule has 1 aliphatic rings. The van der Waals surface area contributed by atoms with Crippen LogP contribution in [0.15, 0.2) is 42.7 Å². The van der Waals surface area contributed by atoms with E-state index in [1.807, 2.05) is 31.3 Å². The molecule has 3 amide bonds. The number of aromatic nitrogens is 2. The highest BCUT2D eigenvalue weighted by Crippen LogP contribution is 2.23. The van der Waals surface area contributed by atoms with Gasteiger partial charge in [-0.1, -0.05) is 11.6 Å². The second kappa shape index (κ2) is 8.23. The molecular weight excluding hydrogens is 354 g/mol. The van der Waals surface area contributed by atoms with Crippen molar-refractivity contribution in [3.63, 3.8) is 0 Å². The number of benzene rings is 1. The number of halogens is 1. The third-order valence-corrected chi connectivity index (χ3v) is 4.67. The molecule has 3 rings (SSSR count). The predicted molar refractivity (Wildman–Crippen MR) is 100 cm³/mol. The zero-order valence-corrected chi connectivity index (χ0v) is 15.4. The van der Waals surface area contributed by atoms with Gasteiger partial charge in [-0.2, -0.15) is 5.10 Å². The molecule has 1 atom stereocenters. The molecule has 0 saturated carbocycles. The van der Waals surface area contributed by atoms with Crippen LogP contribution in [0.2, 0.25) is 5.02 Å². The number of rotatable bonds is 6. The Labute approximate surface area is 157 Å². The fourth-order valence-corrected chi connectivity index (χ4v) is 3.13. The number of urea groups is 1. The van der Waals surface area contributed by atoms with Crippen LogP contribution in [0.1, 0.15) is 13.3 Å². The largest absolute Gasteiger partial charge is 0.333 e. The minimum Gasteiger partial charge on any atom is -0.333 e. The van der Waals surface area contributed by atoms with Crippen LogP contribution in [0, 0.1) is 0 Å². The molecular formula is C18H22ClN5O2. The van der Waals surface area contributed by atoms with Crippen LogP contribution >= 0.6 is 11.6 Å². The molecule has 1 fully saturated rings. The molecule has 0 bridgehead atoms. The van der Waals surface area contributed by atoms with Gasteiger partial charge in [-0.25, -0.2) is 4.79 Å². The maximum atomic E-state index is 12.5. The SMILES string of the molecule is CCN(CCn1cccn1)C(=O)N[C@@H]1CC(=O)N(c2ccc(Cl)cc2)C1. The fraction of sp³-hybridized carbons (Fsp3) is 0.389. The Kier molecular flexibility index (Phi) is 5.78. The number of nitrogens with zero attached hydrogens (tertiary/aromatic N) is 4. The van der Waals surface area contributed by atoms with Gasteiger partial charge in [0.25, 0.3) is 0 Å². The highest BCUT2D eigenvalue weighted by atomic mass is 35.5. The zero-order valence-electron chi connectivity index (χ0n) is 14.6. The minimum atomic E-state index is -0.204. The number of amides is 3. The number of hydrogen-bond donors (Lipinski definition) is 1. The molecule has 0 radical (unpaired) electrons. The van der Waals surface area contributed by atoms with E-state index >= 15 is 0 Å². The smallest absolute Gasteiger partial charge is 0.317 e. The monoisotopic (exact) mass is 375 g/mol. The molecule has 26 heavy (non-hydrogen) atoms. The Morgan fingerprint density at radius 3 is 2.81 bits per heavy atom. The Hall–Kier alpha value is -2.54. The van der Waals surface area contributed by atoms with E-state index in [9.17, 15) is 9.59 Å². The third-order valence-electron chi connectivity index (χ3n) is 4.42. The lowest BCUT2D eigenvalue weighted by atomic mass is 10.2. The molecule has 138 valence electrons. The third kappa shape index (κ3) is 4.35. The average molecular weight is 376 g/mol. The average Bonchev–Trinajstić information content (AvgIpc) is 3.26. The van der Waals surface area contributed by atoms with Crippen molar-refractivity contribution in [3.8, 4) is 0 Å². The summed E-state index contributed by atoms with van der Waals surface area (Å²) in [5.41, 5.74) is 0.794. The van der Waals surface area contributed by atoms with E-state index in [1.165, 1.54) is 0 Å². The van der Waals surface area contributed by atoms with Gasteiger partial charge in [0, 0.05) is 49.2 Å². The summed E-state index contributed by atoms with van der Waals surface area (Å²) in [6, 6.07) is 8.62. The Morgan fingerprint density at radius 2 is 2.15 bits per heavy atom. The maximum Gasteiger partial charge on any atom is 0.317 e. The lowest BCUT2D eigenvalue weighted by molar-refractivity contribution is -0.117. The van der Waals surface area contributed by atoms with E-state index < -0.39 is 0 Å². The number of carbonyl (C=O) groups excluding carboxylic acids is 2. The Morgan fingerprint density at radius 1 is 1.38 bits per heavy atom. The van der Waals surface area contributed by atoms with Crippen molar-refractivity contribution in [1.29, 1.82) is 0 Å². The molecule has 8 heteroatoms. The normalized spacial score (nSPS) is 16.8. The van der Waals surface area contributed by atoms with Gasteiger partial charge in [-0.05, 0) is 37.3 Å². The molecule has 1 aromatic heterocycles. The zero-order chi connectivity index (χ0) is 18.5. The van der Waals surface area contributed by atoms with Gasteiger partial charge in [-0.3, -0.25) is 9.48 Å². The van der Waals surface area contributed by atoms with Crippen molar-refractivity contribution in [2.45, 2.75) is 25.9 Å². The van der Waals surface area contributed by atoms with Gasteiger partial charge in [0.1, 0.15) is 0 Å². The topological polar surface area (TPSA) is 70.5 Å². The Balaban J connectivity index is 1.55. The van der Waals surface area contributed by atoms with Gasteiger partial charge < -0.3 is 15.1 Å². The van der Waals surface area contributed by atoms with E-state index in [2.05, 4.69) is 10.4 Å². The first-order valence-corrected chi connectivity index (χ1v) is 9.03. The molecule has 1 saturated heterocycles. The second-order valence-corrected chi connectivity index (χ2v) is 6.62. The summed E-state index contributed by atoms with van der Waals surface area (Å²) in [7, 11) is 0. The molecule has 1 aliphatic heterocycles. The van der Waals surface area contributed by atoms with Crippen LogP contribution in [0.5, 0.6) is 0 Å². The molecule has 2 heterocycles. The fourth-order valence-electron chi connectivity index (χ4n) is 3.00. The van der Waals surface area contributed by atoms with Crippen LogP contribution in [0.4, 0.5) is 10.5 Å².